The zero-order chi connectivity index (χ0) is 39.2. The molecule has 3 aromatic carbocycles. The normalized spacial score (nSPS) is 13.7. The van der Waals surface area contributed by atoms with Gasteiger partial charge in [-0.1, -0.05) is 31.7 Å². The second kappa shape index (κ2) is 15.2. The van der Waals surface area contributed by atoms with Gasteiger partial charge >= 0.3 is 0 Å². The summed E-state index contributed by atoms with van der Waals surface area (Å²) in [5.41, 5.74) is 18.9. The van der Waals surface area contributed by atoms with Crippen molar-refractivity contribution in [1.29, 1.82) is 0 Å². The molecule has 1 aliphatic heterocycles. The highest BCUT2D eigenvalue weighted by atomic mass is 16.2. The van der Waals surface area contributed by atoms with Crippen molar-refractivity contribution in [2.24, 2.45) is 11.5 Å². The smallest absolute Gasteiger partial charge is 0.276 e. The number of imidazole rings is 1. The first kappa shape index (κ1) is 38.3. The first-order valence-corrected chi connectivity index (χ1v) is 18.5. The Labute approximate surface area is 328 Å². The molecular formula is C42H45N11O4. The highest BCUT2D eigenvalue weighted by molar-refractivity contribution is 6.06. The number of anilines is 2. The van der Waals surface area contributed by atoms with Crippen molar-refractivity contribution in [3.05, 3.63) is 123 Å². The van der Waals surface area contributed by atoms with Gasteiger partial charge in [0.2, 0.25) is 17.8 Å². The van der Waals surface area contributed by atoms with Gasteiger partial charge in [-0.3, -0.25) is 33.9 Å². The number of nitrogens with two attached hydrogens (primary N) is 2. The van der Waals surface area contributed by atoms with Crippen LogP contribution >= 0.6 is 0 Å². The van der Waals surface area contributed by atoms with Crippen LogP contribution in [0.4, 0.5) is 11.8 Å². The van der Waals surface area contributed by atoms with Gasteiger partial charge in [-0.05, 0) is 93.3 Å². The van der Waals surface area contributed by atoms with Crippen LogP contribution in [0.1, 0.15) is 97.0 Å². The monoisotopic (exact) mass is 767 g/mol. The summed E-state index contributed by atoms with van der Waals surface area (Å²) in [6.07, 6.45) is 1.76. The Morgan fingerprint density at radius 3 is 2.23 bits per heavy atom. The molecule has 0 spiro atoms. The molecule has 4 amide bonds. The summed E-state index contributed by atoms with van der Waals surface area (Å²) >= 11 is 0. The Balaban J connectivity index is 0.00000496. The summed E-state index contributed by atoms with van der Waals surface area (Å²) in [5, 5.41) is 16.4. The Morgan fingerprint density at radius 2 is 1.49 bits per heavy atom. The van der Waals surface area contributed by atoms with E-state index < -0.39 is 11.8 Å². The Kier molecular flexibility index (Phi) is 10.2. The molecule has 0 saturated carbocycles. The lowest BCUT2D eigenvalue weighted by atomic mass is 10.0. The van der Waals surface area contributed by atoms with Crippen molar-refractivity contribution in [1.82, 2.24) is 33.7 Å². The minimum absolute atomic E-state index is 0. The zero-order valence-corrected chi connectivity index (χ0v) is 31.3. The molecule has 2 bridgehead atoms. The first-order valence-electron chi connectivity index (χ1n) is 18.5. The van der Waals surface area contributed by atoms with Crippen LogP contribution in [0.15, 0.2) is 72.8 Å². The van der Waals surface area contributed by atoms with E-state index in [9.17, 15) is 19.2 Å². The number of benzene rings is 3. The van der Waals surface area contributed by atoms with Crippen LogP contribution in [0, 0.1) is 13.8 Å². The second-order valence-corrected chi connectivity index (χ2v) is 14.1. The third-order valence-corrected chi connectivity index (χ3v) is 10.3. The van der Waals surface area contributed by atoms with Gasteiger partial charge in [0, 0.05) is 53.6 Å². The van der Waals surface area contributed by atoms with Gasteiger partial charge < -0.3 is 25.9 Å². The van der Waals surface area contributed by atoms with E-state index in [1.165, 1.54) is 0 Å². The summed E-state index contributed by atoms with van der Waals surface area (Å²) in [4.78, 5) is 57.3. The van der Waals surface area contributed by atoms with Crippen molar-refractivity contribution >= 4 is 57.3 Å². The highest BCUT2D eigenvalue weighted by Gasteiger charge is 2.25. The van der Waals surface area contributed by atoms with Crippen LogP contribution in [-0.4, -0.2) is 57.3 Å². The maximum Gasteiger partial charge on any atom is 0.276 e. The van der Waals surface area contributed by atoms with E-state index in [1.807, 2.05) is 60.2 Å². The fraction of sp³-hybridized carbons (Fsp3) is 0.262. The number of amides is 4. The molecular weight excluding hydrogens is 723 g/mol. The minimum atomic E-state index is -0.578. The lowest BCUT2D eigenvalue weighted by Gasteiger charge is -2.14. The summed E-state index contributed by atoms with van der Waals surface area (Å²) in [6.45, 7) is 7.50. The summed E-state index contributed by atoms with van der Waals surface area (Å²) in [5.74, 6) is -0.910. The zero-order valence-electron chi connectivity index (χ0n) is 31.3. The van der Waals surface area contributed by atoms with Crippen LogP contribution in [-0.2, 0) is 32.6 Å². The number of carbonyl (C=O) groups excluding carboxylic acids is 4. The number of rotatable bonds is 3. The number of aromatic nitrogens is 7. The molecule has 4 aromatic heterocycles. The number of nitrogens with one attached hydrogen (secondary N) is 2. The topological polar surface area (TPSA) is 203 Å². The molecule has 0 radical (unpaired) electrons. The molecule has 5 heterocycles. The fourth-order valence-electron chi connectivity index (χ4n) is 7.63. The molecule has 15 nitrogen and oxygen atoms in total. The standard InChI is InChI=1S/C41H41N11O4.CH4/c1-4-51-36-30(24(3)48-51)18-25-8-7-9-26(17-25)22-52-34(16-23(2)47-52)39(55)46-41-44-31-20-28(38(43)54)11-13-33(31)50(41)15-6-5-14-49-32-12-10-27(37(42)53)19-29(32)21-35(49)45-40(36)56;/h7-13,16-17,19-21H,4-6,14-15,18,22H2,1-3H3,(H2,42,53)(H2,43,54)(H,45,56)(H,44,46,55);1H4. The predicted molar refractivity (Wildman–Crippen MR) is 219 cm³/mol. The number of nitrogens with zero attached hydrogens (tertiary/aromatic N) is 7. The maximum atomic E-state index is 14.4. The van der Waals surface area contributed by atoms with Gasteiger partial charge in [0.05, 0.1) is 29.0 Å². The van der Waals surface area contributed by atoms with Crippen molar-refractivity contribution in [2.45, 2.75) is 73.6 Å². The van der Waals surface area contributed by atoms with E-state index in [2.05, 4.69) is 21.8 Å². The molecule has 57 heavy (non-hydrogen) atoms. The second-order valence-electron chi connectivity index (χ2n) is 14.1. The van der Waals surface area contributed by atoms with Gasteiger partial charge in [0.1, 0.15) is 17.2 Å². The molecule has 292 valence electrons. The van der Waals surface area contributed by atoms with Crippen molar-refractivity contribution in [2.75, 3.05) is 10.6 Å². The van der Waals surface area contributed by atoms with Crippen molar-refractivity contribution in [3.8, 4) is 0 Å². The van der Waals surface area contributed by atoms with Gasteiger partial charge in [-0.2, -0.15) is 10.2 Å². The number of fused-ring (bicyclic) bond motifs is 10. The van der Waals surface area contributed by atoms with Crippen molar-refractivity contribution in [3.63, 3.8) is 0 Å². The number of hydrogen-bond donors (Lipinski definition) is 4. The molecule has 7 aromatic rings. The van der Waals surface area contributed by atoms with Gasteiger partial charge in [-0.25, -0.2) is 4.98 Å². The third kappa shape index (κ3) is 7.26. The van der Waals surface area contributed by atoms with Crippen LogP contribution in [0.3, 0.4) is 0 Å². The SMILES string of the molecule is C.CCn1nc(C)c2c1C(=O)Nc1cc3cc(C(N)=O)ccc3n1CCCCn1c(nc3cc(C(N)=O)ccc31)NC(=O)c1cc(C)nn1Cc1cccc(c1)C2. The number of primary amides is 2. The summed E-state index contributed by atoms with van der Waals surface area (Å²) < 4.78 is 7.35. The van der Waals surface area contributed by atoms with Gasteiger partial charge in [0.15, 0.2) is 0 Å². The van der Waals surface area contributed by atoms with E-state index >= 15 is 0 Å². The number of hydrogen-bond acceptors (Lipinski definition) is 7. The van der Waals surface area contributed by atoms with Crippen molar-refractivity contribution < 1.29 is 19.2 Å². The third-order valence-electron chi connectivity index (χ3n) is 10.3. The predicted octanol–water partition coefficient (Wildman–Crippen LogP) is 5.79. The molecule has 0 aliphatic carbocycles. The van der Waals surface area contributed by atoms with E-state index in [0.29, 0.717) is 90.9 Å². The van der Waals surface area contributed by atoms with Crippen LogP contribution in [0.25, 0.3) is 21.9 Å². The maximum absolute atomic E-state index is 14.4. The molecule has 0 fully saturated rings. The molecule has 6 N–H and O–H groups in total. The lowest BCUT2D eigenvalue weighted by Crippen LogP contribution is -2.21. The number of aryl methyl sites for hydroxylation is 5. The Hall–Kier alpha value is -7.03. The van der Waals surface area contributed by atoms with Crippen LogP contribution < -0.4 is 22.1 Å². The fourth-order valence-corrected chi connectivity index (χ4v) is 7.63. The average molecular weight is 768 g/mol. The molecule has 0 saturated heterocycles. The highest BCUT2D eigenvalue weighted by Crippen LogP contribution is 2.29. The van der Waals surface area contributed by atoms with Crippen LogP contribution in [0.2, 0.25) is 0 Å². The quantitative estimate of drug-likeness (QED) is 0.174. The van der Waals surface area contributed by atoms with E-state index in [4.69, 9.17) is 21.5 Å². The number of carbonyl (C=O) groups is 4. The van der Waals surface area contributed by atoms with Crippen LogP contribution in [0.5, 0.6) is 0 Å². The van der Waals surface area contributed by atoms with E-state index in [-0.39, 0.29) is 19.2 Å². The Morgan fingerprint density at radius 1 is 0.789 bits per heavy atom. The van der Waals surface area contributed by atoms with E-state index in [0.717, 1.165) is 38.8 Å². The average Bonchev–Trinajstić information content (AvgIpc) is 3.90. The molecule has 1 aliphatic rings. The van der Waals surface area contributed by atoms with Gasteiger partial charge in [0.25, 0.3) is 11.8 Å². The van der Waals surface area contributed by atoms with E-state index in [1.54, 1.807) is 45.8 Å². The first-order chi connectivity index (χ1) is 27.0. The molecule has 0 atom stereocenters. The lowest BCUT2D eigenvalue weighted by molar-refractivity contribution is 0.0992. The Bertz CT molecular complexity index is 2730. The van der Waals surface area contributed by atoms with Gasteiger partial charge in [-0.15, -0.1) is 0 Å². The molecule has 15 heteroatoms. The minimum Gasteiger partial charge on any atom is -0.366 e. The summed E-state index contributed by atoms with van der Waals surface area (Å²) in [7, 11) is 0. The molecule has 0 unspecified atom stereocenters. The molecule has 8 rings (SSSR count). The summed E-state index contributed by atoms with van der Waals surface area (Å²) in [6, 6.07) is 21.9. The largest absolute Gasteiger partial charge is 0.366 e.